The second-order valence-electron chi connectivity index (χ2n) is 3.66. The second kappa shape index (κ2) is 3.44. The van der Waals surface area contributed by atoms with E-state index < -0.39 is 5.97 Å². The number of hydrogen-bond donors (Lipinski definition) is 1. The molecule has 1 aromatic heterocycles. The van der Waals surface area contributed by atoms with E-state index in [1.165, 1.54) is 0 Å². The van der Waals surface area contributed by atoms with Gasteiger partial charge in [0, 0.05) is 17.8 Å². The molecular formula is C10H14N2O2. The predicted molar refractivity (Wildman–Crippen MR) is 51.5 cm³/mol. The molecule has 0 unspecified atom stereocenters. The van der Waals surface area contributed by atoms with E-state index in [0.29, 0.717) is 0 Å². The Labute approximate surface area is 82.5 Å². The molecule has 0 aliphatic carbocycles. The lowest BCUT2D eigenvalue weighted by Gasteiger charge is -1.98. The normalized spacial score (nSPS) is 14.4. The first-order valence-corrected chi connectivity index (χ1v) is 5.06. The fourth-order valence-electron chi connectivity index (χ4n) is 2.08. The van der Waals surface area contributed by atoms with Crippen molar-refractivity contribution in [3.63, 3.8) is 0 Å². The van der Waals surface area contributed by atoms with Crippen LogP contribution >= 0.6 is 0 Å². The molecule has 2 rings (SSSR count). The zero-order chi connectivity index (χ0) is 10.1. The Morgan fingerprint density at radius 1 is 1.64 bits per heavy atom. The van der Waals surface area contributed by atoms with Crippen molar-refractivity contribution in [2.45, 2.75) is 39.2 Å². The van der Waals surface area contributed by atoms with E-state index in [-0.39, 0.29) is 5.69 Å². The van der Waals surface area contributed by atoms with Gasteiger partial charge in [-0.25, -0.2) is 4.79 Å². The number of carboxylic acids is 1. The molecule has 0 fully saturated rings. The molecule has 1 aliphatic rings. The van der Waals surface area contributed by atoms with E-state index in [9.17, 15) is 4.79 Å². The summed E-state index contributed by atoms with van der Waals surface area (Å²) in [6, 6.07) is 0. The highest BCUT2D eigenvalue weighted by atomic mass is 16.4. The van der Waals surface area contributed by atoms with Gasteiger partial charge in [0.05, 0.1) is 0 Å². The molecule has 0 saturated carbocycles. The van der Waals surface area contributed by atoms with Crippen molar-refractivity contribution in [1.82, 2.24) is 9.78 Å². The number of aromatic carboxylic acids is 1. The molecule has 1 aliphatic heterocycles. The highest BCUT2D eigenvalue weighted by molar-refractivity contribution is 5.87. The molecule has 0 atom stereocenters. The number of carbonyl (C=O) groups is 1. The molecule has 4 nitrogen and oxygen atoms in total. The van der Waals surface area contributed by atoms with Gasteiger partial charge in [-0.15, -0.1) is 0 Å². The molecule has 0 bridgehead atoms. The van der Waals surface area contributed by atoms with Crippen molar-refractivity contribution in [3.8, 4) is 0 Å². The van der Waals surface area contributed by atoms with Crippen LogP contribution in [-0.2, 0) is 19.4 Å². The van der Waals surface area contributed by atoms with Crippen molar-refractivity contribution >= 4 is 5.97 Å². The lowest BCUT2D eigenvalue weighted by molar-refractivity contribution is 0.0688. The van der Waals surface area contributed by atoms with E-state index in [0.717, 1.165) is 43.5 Å². The summed E-state index contributed by atoms with van der Waals surface area (Å²) in [4.78, 5) is 10.9. The smallest absolute Gasteiger partial charge is 0.356 e. The van der Waals surface area contributed by atoms with E-state index in [1.807, 2.05) is 4.68 Å². The number of hydrogen-bond acceptors (Lipinski definition) is 2. The largest absolute Gasteiger partial charge is 0.476 e. The minimum Gasteiger partial charge on any atom is -0.476 e. The summed E-state index contributed by atoms with van der Waals surface area (Å²) in [5.41, 5.74) is 2.36. The third-order valence-electron chi connectivity index (χ3n) is 2.65. The van der Waals surface area contributed by atoms with Gasteiger partial charge >= 0.3 is 5.97 Å². The highest BCUT2D eigenvalue weighted by Gasteiger charge is 2.24. The Morgan fingerprint density at radius 3 is 3.07 bits per heavy atom. The van der Waals surface area contributed by atoms with Crippen molar-refractivity contribution in [2.75, 3.05) is 0 Å². The fourth-order valence-corrected chi connectivity index (χ4v) is 2.08. The van der Waals surface area contributed by atoms with E-state index in [1.54, 1.807) is 0 Å². The Morgan fingerprint density at radius 2 is 2.43 bits per heavy atom. The summed E-state index contributed by atoms with van der Waals surface area (Å²) in [6.45, 7) is 2.93. The van der Waals surface area contributed by atoms with Crippen LogP contribution in [0.1, 0.15) is 41.5 Å². The summed E-state index contributed by atoms with van der Waals surface area (Å²) in [5.74, 6) is -0.893. The Bertz CT molecular complexity index is 368. The molecule has 4 heteroatoms. The minimum atomic E-state index is -0.893. The van der Waals surface area contributed by atoms with Crippen molar-refractivity contribution in [3.05, 3.63) is 17.0 Å². The highest BCUT2D eigenvalue weighted by Crippen LogP contribution is 2.23. The monoisotopic (exact) mass is 194 g/mol. The Balaban J connectivity index is 2.45. The maximum Gasteiger partial charge on any atom is 0.356 e. The van der Waals surface area contributed by atoms with Crippen LogP contribution in [0.5, 0.6) is 0 Å². The lowest BCUT2D eigenvalue weighted by Crippen LogP contribution is -2.03. The SMILES string of the molecule is CCCc1c(C(=O)O)nn2c1CCC2. The molecule has 1 aromatic rings. The summed E-state index contributed by atoms with van der Waals surface area (Å²) < 4.78 is 1.86. The molecular weight excluding hydrogens is 180 g/mol. The first-order valence-electron chi connectivity index (χ1n) is 5.06. The van der Waals surface area contributed by atoms with Crippen LogP contribution in [0.2, 0.25) is 0 Å². The lowest BCUT2D eigenvalue weighted by atomic mass is 10.1. The number of fused-ring (bicyclic) bond motifs is 1. The first kappa shape index (κ1) is 9.24. The third-order valence-corrected chi connectivity index (χ3v) is 2.65. The van der Waals surface area contributed by atoms with E-state index in [4.69, 9.17) is 5.11 Å². The zero-order valence-electron chi connectivity index (χ0n) is 8.29. The van der Waals surface area contributed by atoms with E-state index >= 15 is 0 Å². The zero-order valence-corrected chi connectivity index (χ0v) is 8.29. The van der Waals surface area contributed by atoms with Gasteiger partial charge in [0.25, 0.3) is 0 Å². The summed E-state index contributed by atoms with van der Waals surface area (Å²) >= 11 is 0. The molecule has 1 N–H and O–H groups in total. The summed E-state index contributed by atoms with van der Waals surface area (Å²) in [6.07, 6.45) is 3.88. The number of nitrogens with zero attached hydrogens (tertiary/aromatic N) is 2. The quantitative estimate of drug-likeness (QED) is 0.792. The number of carboxylic acid groups (broad SMARTS) is 1. The van der Waals surface area contributed by atoms with Gasteiger partial charge in [-0.05, 0) is 19.3 Å². The van der Waals surface area contributed by atoms with Gasteiger partial charge in [-0.2, -0.15) is 5.10 Å². The van der Waals surface area contributed by atoms with Crippen LogP contribution in [0.25, 0.3) is 0 Å². The molecule has 14 heavy (non-hydrogen) atoms. The number of aryl methyl sites for hydroxylation is 1. The van der Waals surface area contributed by atoms with Crippen LogP contribution in [0.3, 0.4) is 0 Å². The van der Waals surface area contributed by atoms with Gasteiger partial charge in [0.15, 0.2) is 5.69 Å². The maximum atomic E-state index is 10.9. The van der Waals surface area contributed by atoms with Gasteiger partial charge < -0.3 is 5.11 Å². The molecule has 76 valence electrons. The summed E-state index contributed by atoms with van der Waals surface area (Å²) in [7, 11) is 0. The van der Waals surface area contributed by atoms with Crippen LogP contribution in [0.4, 0.5) is 0 Å². The Kier molecular flexibility index (Phi) is 2.27. The van der Waals surface area contributed by atoms with Gasteiger partial charge in [0.2, 0.25) is 0 Å². The molecule has 0 spiro atoms. The second-order valence-corrected chi connectivity index (χ2v) is 3.66. The topological polar surface area (TPSA) is 55.1 Å². The van der Waals surface area contributed by atoms with Gasteiger partial charge in [-0.1, -0.05) is 13.3 Å². The molecule has 0 saturated heterocycles. The standard InChI is InChI=1S/C10H14N2O2/c1-2-4-7-8-5-3-6-12(8)11-9(7)10(13)14/h2-6H2,1H3,(H,13,14). The molecule has 0 radical (unpaired) electrons. The van der Waals surface area contributed by atoms with Crippen LogP contribution in [-0.4, -0.2) is 20.9 Å². The fraction of sp³-hybridized carbons (Fsp3) is 0.600. The number of rotatable bonds is 3. The number of aromatic nitrogens is 2. The van der Waals surface area contributed by atoms with Crippen LogP contribution in [0, 0.1) is 0 Å². The van der Waals surface area contributed by atoms with Gasteiger partial charge in [0.1, 0.15) is 0 Å². The van der Waals surface area contributed by atoms with Crippen molar-refractivity contribution < 1.29 is 9.90 Å². The average molecular weight is 194 g/mol. The first-order chi connectivity index (χ1) is 6.74. The Hall–Kier alpha value is -1.32. The summed E-state index contributed by atoms with van der Waals surface area (Å²) in [5, 5.41) is 13.1. The van der Waals surface area contributed by atoms with E-state index in [2.05, 4.69) is 12.0 Å². The van der Waals surface area contributed by atoms with Crippen LogP contribution in [0.15, 0.2) is 0 Å². The minimum absolute atomic E-state index is 0.265. The average Bonchev–Trinajstić information content (AvgIpc) is 2.67. The molecule has 2 heterocycles. The maximum absolute atomic E-state index is 10.9. The van der Waals surface area contributed by atoms with Crippen LogP contribution < -0.4 is 0 Å². The van der Waals surface area contributed by atoms with Gasteiger partial charge in [-0.3, -0.25) is 4.68 Å². The predicted octanol–water partition coefficient (Wildman–Crippen LogP) is 1.48. The third kappa shape index (κ3) is 1.31. The van der Waals surface area contributed by atoms with Crippen molar-refractivity contribution in [1.29, 1.82) is 0 Å². The molecule has 0 aromatic carbocycles. The molecule has 0 amide bonds. The van der Waals surface area contributed by atoms with Crippen molar-refractivity contribution in [2.24, 2.45) is 0 Å².